The van der Waals surface area contributed by atoms with Gasteiger partial charge in [-0.15, -0.1) is 0 Å². The third-order valence-corrected chi connectivity index (χ3v) is 2.59. The Morgan fingerprint density at radius 2 is 2.05 bits per heavy atom. The highest BCUT2D eigenvalue weighted by Crippen LogP contribution is 2.40. The molecule has 1 aliphatic carbocycles. The second-order valence-electron chi connectivity index (χ2n) is 4.24. The van der Waals surface area contributed by atoms with E-state index in [1.165, 1.54) is 0 Å². The maximum absolute atomic E-state index is 11.6. The van der Waals surface area contributed by atoms with Gasteiger partial charge in [0.25, 0.3) is 5.91 Å². The Balaban J connectivity index is 1.76. The Bertz CT molecular complexity index is 506. The second-order valence-corrected chi connectivity index (χ2v) is 4.24. The first-order chi connectivity index (χ1) is 9.06. The highest BCUT2D eigenvalue weighted by molar-refractivity contribution is 5.95. The van der Waals surface area contributed by atoms with Gasteiger partial charge in [-0.1, -0.05) is 5.16 Å². The summed E-state index contributed by atoms with van der Waals surface area (Å²) in [6.07, 6.45) is 2.07. The van der Waals surface area contributed by atoms with Gasteiger partial charge in [0.15, 0.2) is 5.69 Å². The molecule has 3 N–H and O–H groups in total. The first kappa shape index (κ1) is 13.1. The highest BCUT2D eigenvalue weighted by Gasteiger charge is 2.28. The molecule has 1 aromatic heterocycles. The molecule has 0 saturated heterocycles. The summed E-state index contributed by atoms with van der Waals surface area (Å²) >= 11 is 0. The van der Waals surface area contributed by atoms with E-state index in [0.717, 1.165) is 12.8 Å². The van der Waals surface area contributed by atoms with Crippen LogP contribution >= 0.6 is 0 Å². The summed E-state index contributed by atoms with van der Waals surface area (Å²) in [4.78, 5) is 33.0. The standard InChI is InChI=1S/C11H13N3O5/c15-9(12-5-10(16)17)4-13-11(18)7-3-8(19-14-7)6-1-2-6/h3,6H,1-2,4-5H2,(H,12,15)(H,13,18)(H,16,17). The molecular formula is C11H13N3O5. The molecule has 1 aromatic rings. The number of nitrogens with zero attached hydrogens (tertiary/aromatic N) is 1. The number of carboxylic acids is 1. The molecule has 0 radical (unpaired) electrons. The Labute approximate surface area is 108 Å². The summed E-state index contributed by atoms with van der Waals surface area (Å²) in [5.41, 5.74) is 0.118. The molecule has 102 valence electrons. The lowest BCUT2D eigenvalue weighted by atomic mass is 10.3. The van der Waals surface area contributed by atoms with E-state index in [1.807, 2.05) is 0 Å². The number of carboxylic acid groups (broad SMARTS) is 1. The van der Waals surface area contributed by atoms with E-state index in [1.54, 1.807) is 6.07 Å². The van der Waals surface area contributed by atoms with E-state index >= 15 is 0 Å². The molecule has 0 unspecified atom stereocenters. The van der Waals surface area contributed by atoms with Crippen LogP contribution in [-0.4, -0.2) is 41.1 Å². The predicted octanol–water partition coefficient (Wildman–Crippen LogP) is -0.517. The van der Waals surface area contributed by atoms with E-state index in [0.29, 0.717) is 11.7 Å². The molecule has 0 aliphatic heterocycles. The van der Waals surface area contributed by atoms with Crippen LogP contribution in [-0.2, 0) is 9.59 Å². The summed E-state index contributed by atoms with van der Waals surface area (Å²) in [5.74, 6) is -1.22. The summed E-state index contributed by atoms with van der Waals surface area (Å²) in [7, 11) is 0. The molecule has 1 saturated carbocycles. The lowest BCUT2D eigenvalue weighted by Crippen LogP contribution is -2.39. The number of aromatic nitrogens is 1. The van der Waals surface area contributed by atoms with Crippen molar-refractivity contribution in [1.29, 1.82) is 0 Å². The number of carbonyl (C=O) groups is 3. The second kappa shape index (κ2) is 5.51. The smallest absolute Gasteiger partial charge is 0.322 e. The molecule has 1 heterocycles. The lowest BCUT2D eigenvalue weighted by Gasteiger charge is -2.02. The average Bonchev–Trinajstić information content (AvgIpc) is 3.11. The fraction of sp³-hybridized carbons (Fsp3) is 0.455. The average molecular weight is 267 g/mol. The Morgan fingerprint density at radius 3 is 2.68 bits per heavy atom. The van der Waals surface area contributed by atoms with Gasteiger partial charge in [-0.2, -0.15) is 0 Å². The number of hydrogen-bond donors (Lipinski definition) is 3. The largest absolute Gasteiger partial charge is 0.480 e. The van der Waals surface area contributed by atoms with Gasteiger partial charge in [-0.3, -0.25) is 14.4 Å². The number of aliphatic carboxylic acids is 1. The van der Waals surface area contributed by atoms with Gasteiger partial charge >= 0.3 is 5.97 Å². The molecule has 1 aliphatic rings. The molecule has 8 nitrogen and oxygen atoms in total. The minimum absolute atomic E-state index is 0.118. The van der Waals surface area contributed by atoms with Gasteiger partial charge in [-0.05, 0) is 12.8 Å². The lowest BCUT2D eigenvalue weighted by molar-refractivity contribution is -0.137. The number of hydrogen-bond acceptors (Lipinski definition) is 5. The minimum atomic E-state index is -1.15. The van der Waals surface area contributed by atoms with Crippen molar-refractivity contribution in [2.75, 3.05) is 13.1 Å². The van der Waals surface area contributed by atoms with Gasteiger partial charge in [0, 0.05) is 12.0 Å². The van der Waals surface area contributed by atoms with Crippen molar-refractivity contribution in [2.45, 2.75) is 18.8 Å². The zero-order valence-corrected chi connectivity index (χ0v) is 10.0. The molecular weight excluding hydrogens is 254 g/mol. The van der Waals surface area contributed by atoms with Crippen LogP contribution in [0.1, 0.15) is 35.0 Å². The maximum atomic E-state index is 11.6. The molecule has 0 aromatic carbocycles. The predicted molar refractivity (Wildman–Crippen MR) is 61.5 cm³/mol. The van der Waals surface area contributed by atoms with E-state index < -0.39 is 24.3 Å². The first-order valence-electron chi connectivity index (χ1n) is 5.79. The van der Waals surface area contributed by atoms with Crippen LogP contribution in [0.3, 0.4) is 0 Å². The molecule has 0 spiro atoms. The SMILES string of the molecule is O=C(O)CNC(=O)CNC(=O)c1cc(C2CC2)on1. The number of rotatable bonds is 6. The minimum Gasteiger partial charge on any atom is -0.480 e. The zero-order chi connectivity index (χ0) is 13.8. The quantitative estimate of drug-likeness (QED) is 0.637. The molecule has 2 rings (SSSR count). The van der Waals surface area contributed by atoms with Crippen molar-refractivity contribution in [3.63, 3.8) is 0 Å². The van der Waals surface area contributed by atoms with Gasteiger partial charge < -0.3 is 20.3 Å². The Morgan fingerprint density at radius 1 is 1.32 bits per heavy atom. The zero-order valence-electron chi connectivity index (χ0n) is 10.0. The number of carbonyl (C=O) groups excluding carboxylic acids is 2. The molecule has 2 amide bonds. The summed E-state index contributed by atoms with van der Waals surface area (Å²) in [6.45, 7) is -0.789. The third kappa shape index (κ3) is 3.80. The number of amides is 2. The first-order valence-corrected chi connectivity index (χ1v) is 5.79. The molecule has 8 heteroatoms. The van der Waals surface area contributed by atoms with Crippen molar-refractivity contribution in [2.24, 2.45) is 0 Å². The van der Waals surface area contributed by atoms with Crippen molar-refractivity contribution in [3.05, 3.63) is 17.5 Å². The van der Waals surface area contributed by atoms with Crippen LogP contribution in [0.2, 0.25) is 0 Å². The van der Waals surface area contributed by atoms with E-state index in [2.05, 4.69) is 15.8 Å². The molecule has 0 atom stereocenters. The fourth-order valence-corrected chi connectivity index (χ4v) is 1.44. The van der Waals surface area contributed by atoms with Crippen LogP contribution in [0.4, 0.5) is 0 Å². The van der Waals surface area contributed by atoms with Gasteiger partial charge in [0.05, 0.1) is 6.54 Å². The summed E-state index contributed by atoms with van der Waals surface area (Å²) < 4.78 is 5.01. The van der Waals surface area contributed by atoms with Crippen molar-refractivity contribution in [1.82, 2.24) is 15.8 Å². The molecule has 19 heavy (non-hydrogen) atoms. The topological polar surface area (TPSA) is 122 Å². The van der Waals surface area contributed by atoms with Gasteiger partial charge in [0.1, 0.15) is 12.3 Å². The maximum Gasteiger partial charge on any atom is 0.322 e. The Kier molecular flexibility index (Phi) is 3.79. The summed E-state index contributed by atoms with van der Waals surface area (Å²) in [6, 6.07) is 1.56. The van der Waals surface area contributed by atoms with Crippen molar-refractivity contribution >= 4 is 17.8 Å². The van der Waals surface area contributed by atoms with E-state index in [4.69, 9.17) is 9.63 Å². The van der Waals surface area contributed by atoms with Crippen molar-refractivity contribution < 1.29 is 24.0 Å². The van der Waals surface area contributed by atoms with Crippen LogP contribution in [0.5, 0.6) is 0 Å². The van der Waals surface area contributed by atoms with Gasteiger partial charge in [-0.25, -0.2) is 0 Å². The number of nitrogens with one attached hydrogen (secondary N) is 2. The van der Waals surface area contributed by atoms with Crippen molar-refractivity contribution in [3.8, 4) is 0 Å². The molecule has 0 bridgehead atoms. The normalized spacial score (nSPS) is 13.9. The van der Waals surface area contributed by atoms with Gasteiger partial charge in [0.2, 0.25) is 5.91 Å². The Hall–Kier alpha value is -2.38. The van der Waals surface area contributed by atoms with Crippen LogP contribution in [0.25, 0.3) is 0 Å². The highest BCUT2D eigenvalue weighted by atomic mass is 16.5. The monoisotopic (exact) mass is 267 g/mol. The van der Waals surface area contributed by atoms with E-state index in [-0.39, 0.29) is 12.2 Å². The van der Waals surface area contributed by atoms with Crippen LogP contribution in [0, 0.1) is 0 Å². The third-order valence-electron chi connectivity index (χ3n) is 2.59. The molecule has 1 fully saturated rings. The van der Waals surface area contributed by atoms with E-state index in [9.17, 15) is 14.4 Å². The summed E-state index contributed by atoms with van der Waals surface area (Å²) in [5, 5.41) is 16.4. The fourth-order valence-electron chi connectivity index (χ4n) is 1.44. The van der Waals surface area contributed by atoms with Crippen LogP contribution < -0.4 is 10.6 Å². The van der Waals surface area contributed by atoms with Crippen LogP contribution in [0.15, 0.2) is 10.6 Å².